The molecule has 2 aromatic heterocycles. The number of aliphatic carboxylic acids is 1. The lowest BCUT2D eigenvalue weighted by molar-refractivity contribution is -0.146. The van der Waals surface area contributed by atoms with Gasteiger partial charge in [-0.25, -0.2) is 24.1 Å². The minimum absolute atomic E-state index is 0.0531. The number of alkyl halides is 1. The second-order valence-corrected chi connectivity index (χ2v) is 2.76. The molecule has 2 aromatic rings. The van der Waals surface area contributed by atoms with Crippen LogP contribution in [0.5, 0.6) is 0 Å². The summed E-state index contributed by atoms with van der Waals surface area (Å²) < 4.78 is 13.9. The first-order valence-corrected chi connectivity index (χ1v) is 3.91. The van der Waals surface area contributed by atoms with E-state index in [4.69, 9.17) is 10.8 Å². The molecule has 8 heteroatoms. The highest BCUT2D eigenvalue weighted by atomic mass is 19.1. The predicted octanol–water partition coefficient (Wildman–Crippen LogP) is -0.0388. The number of carboxylic acid groups (broad SMARTS) is 1. The summed E-state index contributed by atoms with van der Waals surface area (Å²) in [5, 5.41) is 8.48. The molecule has 0 bridgehead atoms. The Morgan fingerprint density at radius 1 is 1.53 bits per heavy atom. The zero-order chi connectivity index (χ0) is 11.0. The highest BCUT2D eigenvalue weighted by Crippen LogP contribution is 2.19. The van der Waals surface area contributed by atoms with Crippen LogP contribution in [0.15, 0.2) is 12.7 Å². The molecule has 0 saturated carbocycles. The van der Waals surface area contributed by atoms with Crippen molar-refractivity contribution in [2.24, 2.45) is 0 Å². The molecule has 1 atom stereocenters. The SMILES string of the molecule is Nc1ncnc2c1ncn2C(F)C(=O)O. The molecule has 15 heavy (non-hydrogen) atoms. The molecule has 0 aromatic carbocycles. The summed E-state index contributed by atoms with van der Waals surface area (Å²) in [5.41, 5.74) is 5.68. The Labute approximate surface area is 82.4 Å². The van der Waals surface area contributed by atoms with E-state index in [0.717, 1.165) is 17.2 Å². The number of halogens is 1. The van der Waals surface area contributed by atoms with Gasteiger partial charge in [-0.1, -0.05) is 0 Å². The summed E-state index contributed by atoms with van der Waals surface area (Å²) in [7, 11) is 0. The summed E-state index contributed by atoms with van der Waals surface area (Å²) in [6, 6.07) is 0. The minimum Gasteiger partial charge on any atom is -0.478 e. The second-order valence-electron chi connectivity index (χ2n) is 2.76. The van der Waals surface area contributed by atoms with Crippen molar-refractivity contribution in [1.82, 2.24) is 19.5 Å². The van der Waals surface area contributed by atoms with Crippen LogP contribution in [-0.2, 0) is 4.79 Å². The van der Waals surface area contributed by atoms with Crippen molar-refractivity contribution in [2.45, 2.75) is 6.30 Å². The van der Waals surface area contributed by atoms with Crippen molar-refractivity contribution in [2.75, 3.05) is 5.73 Å². The quantitative estimate of drug-likeness (QED) is 0.721. The lowest BCUT2D eigenvalue weighted by Gasteiger charge is -2.04. The lowest BCUT2D eigenvalue weighted by Crippen LogP contribution is -2.13. The number of imidazole rings is 1. The molecule has 0 spiro atoms. The van der Waals surface area contributed by atoms with E-state index in [9.17, 15) is 9.18 Å². The fourth-order valence-corrected chi connectivity index (χ4v) is 1.15. The molecule has 7 nitrogen and oxygen atoms in total. The molecule has 2 heterocycles. The fraction of sp³-hybridized carbons (Fsp3) is 0.143. The van der Waals surface area contributed by atoms with Crippen LogP contribution in [0.25, 0.3) is 11.2 Å². The van der Waals surface area contributed by atoms with Gasteiger partial charge in [-0.15, -0.1) is 0 Å². The van der Waals surface area contributed by atoms with Gasteiger partial charge < -0.3 is 10.8 Å². The number of carbonyl (C=O) groups is 1. The summed E-state index contributed by atoms with van der Waals surface area (Å²) in [4.78, 5) is 21.5. The van der Waals surface area contributed by atoms with Crippen molar-refractivity contribution in [3.05, 3.63) is 12.7 Å². The van der Waals surface area contributed by atoms with Crippen molar-refractivity contribution in [3.8, 4) is 0 Å². The Kier molecular flexibility index (Phi) is 1.96. The van der Waals surface area contributed by atoms with E-state index in [1.165, 1.54) is 0 Å². The Morgan fingerprint density at radius 3 is 2.93 bits per heavy atom. The van der Waals surface area contributed by atoms with Gasteiger partial charge >= 0.3 is 5.97 Å². The summed E-state index contributed by atoms with van der Waals surface area (Å²) >= 11 is 0. The van der Waals surface area contributed by atoms with Gasteiger partial charge in [-0.3, -0.25) is 4.57 Å². The van der Waals surface area contributed by atoms with Gasteiger partial charge in [0.25, 0.3) is 6.30 Å². The average Bonchev–Trinajstić information content (AvgIpc) is 2.61. The normalized spacial score (nSPS) is 12.9. The van der Waals surface area contributed by atoms with E-state index < -0.39 is 12.3 Å². The summed E-state index contributed by atoms with van der Waals surface area (Å²) in [6.07, 6.45) is -0.0943. The van der Waals surface area contributed by atoms with Gasteiger partial charge in [-0.05, 0) is 0 Å². The molecule has 0 aliphatic heterocycles. The molecule has 0 saturated heterocycles. The van der Waals surface area contributed by atoms with Gasteiger partial charge in [0.2, 0.25) is 0 Å². The number of carboxylic acids is 1. The van der Waals surface area contributed by atoms with Crippen LogP contribution in [0.3, 0.4) is 0 Å². The molecule has 0 fully saturated rings. The molecule has 0 aliphatic carbocycles. The molecule has 78 valence electrons. The maximum Gasteiger partial charge on any atom is 0.360 e. The molecule has 0 aliphatic rings. The molecule has 0 amide bonds. The van der Waals surface area contributed by atoms with E-state index in [-0.39, 0.29) is 17.0 Å². The fourth-order valence-electron chi connectivity index (χ4n) is 1.15. The molecule has 3 N–H and O–H groups in total. The minimum atomic E-state index is -2.23. The van der Waals surface area contributed by atoms with Crippen LogP contribution in [0, 0.1) is 0 Å². The number of hydrogen-bond donors (Lipinski definition) is 2. The van der Waals surface area contributed by atoms with Crippen molar-refractivity contribution >= 4 is 23.0 Å². The summed E-state index contributed by atoms with van der Waals surface area (Å²) in [5.74, 6) is -1.54. The third-order valence-electron chi connectivity index (χ3n) is 1.84. The Bertz CT molecular complexity index is 525. The van der Waals surface area contributed by atoms with E-state index in [1.807, 2.05) is 0 Å². The standard InChI is InChI=1S/C7H6FN5O2/c8-4(7(14)15)13-2-12-3-5(9)10-1-11-6(3)13/h1-2,4H,(H,14,15)(H2,9,10,11). The van der Waals surface area contributed by atoms with Gasteiger partial charge in [0, 0.05) is 0 Å². The van der Waals surface area contributed by atoms with E-state index in [1.54, 1.807) is 0 Å². The first kappa shape index (κ1) is 9.31. The Hall–Kier alpha value is -2.25. The highest BCUT2D eigenvalue weighted by molar-refractivity contribution is 5.82. The smallest absolute Gasteiger partial charge is 0.360 e. The zero-order valence-electron chi connectivity index (χ0n) is 7.33. The van der Waals surface area contributed by atoms with Crippen LogP contribution >= 0.6 is 0 Å². The van der Waals surface area contributed by atoms with Crippen molar-refractivity contribution in [3.63, 3.8) is 0 Å². The van der Waals surface area contributed by atoms with Crippen LogP contribution in [0.4, 0.5) is 10.2 Å². The maximum atomic E-state index is 13.2. The van der Waals surface area contributed by atoms with Crippen LogP contribution < -0.4 is 5.73 Å². The summed E-state index contributed by atoms with van der Waals surface area (Å²) in [6.45, 7) is 0. The van der Waals surface area contributed by atoms with Gasteiger partial charge in [-0.2, -0.15) is 0 Å². The Balaban J connectivity index is 2.64. The van der Waals surface area contributed by atoms with Crippen LogP contribution in [-0.4, -0.2) is 30.6 Å². The van der Waals surface area contributed by atoms with Gasteiger partial charge in [0.05, 0.1) is 0 Å². The number of aromatic nitrogens is 4. The van der Waals surface area contributed by atoms with E-state index >= 15 is 0 Å². The largest absolute Gasteiger partial charge is 0.478 e. The van der Waals surface area contributed by atoms with E-state index in [0.29, 0.717) is 0 Å². The third-order valence-corrected chi connectivity index (χ3v) is 1.84. The monoisotopic (exact) mass is 211 g/mol. The molecular formula is C7H6FN5O2. The molecule has 2 rings (SSSR count). The number of nitrogens with two attached hydrogens (primary N) is 1. The Morgan fingerprint density at radius 2 is 2.27 bits per heavy atom. The maximum absolute atomic E-state index is 13.2. The second kappa shape index (κ2) is 3.15. The molecular weight excluding hydrogens is 205 g/mol. The number of fused-ring (bicyclic) bond motifs is 1. The van der Waals surface area contributed by atoms with Crippen molar-refractivity contribution in [1.29, 1.82) is 0 Å². The molecule has 1 unspecified atom stereocenters. The van der Waals surface area contributed by atoms with Crippen LogP contribution in [0.1, 0.15) is 6.30 Å². The number of hydrogen-bond acceptors (Lipinski definition) is 5. The topological polar surface area (TPSA) is 107 Å². The predicted molar refractivity (Wildman–Crippen MR) is 47.5 cm³/mol. The first-order chi connectivity index (χ1) is 7.11. The van der Waals surface area contributed by atoms with Gasteiger partial charge in [0.15, 0.2) is 11.5 Å². The number of rotatable bonds is 2. The van der Waals surface area contributed by atoms with E-state index in [2.05, 4.69) is 15.0 Å². The number of nitrogens with zero attached hydrogens (tertiary/aromatic N) is 4. The lowest BCUT2D eigenvalue weighted by atomic mass is 10.5. The van der Waals surface area contributed by atoms with Gasteiger partial charge in [0.1, 0.15) is 18.2 Å². The number of nitrogen functional groups attached to an aromatic ring is 1. The first-order valence-electron chi connectivity index (χ1n) is 3.91. The average molecular weight is 211 g/mol. The van der Waals surface area contributed by atoms with Crippen LogP contribution in [0.2, 0.25) is 0 Å². The highest BCUT2D eigenvalue weighted by Gasteiger charge is 2.21. The third kappa shape index (κ3) is 1.35. The zero-order valence-corrected chi connectivity index (χ0v) is 7.33. The number of anilines is 1. The van der Waals surface area contributed by atoms with Crippen molar-refractivity contribution < 1.29 is 14.3 Å². The molecule has 0 radical (unpaired) electrons.